The third kappa shape index (κ3) is 5.09. The molecule has 0 aliphatic heterocycles. The molecule has 2 aromatic rings. The number of H-pyrrole nitrogens is 1. The highest BCUT2D eigenvalue weighted by atomic mass is 16.6. The van der Waals surface area contributed by atoms with Crippen molar-refractivity contribution in [2.45, 2.75) is 52.1 Å². The van der Waals surface area contributed by atoms with E-state index in [-0.39, 0.29) is 23.3 Å². The van der Waals surface area contributed by atoms with Crippen LogP contribution in [0.5, 0.6) is 0 Å². The Labute approximate surface area is 164 Å². The van der Waals surface area contributed by atoms with E-state index >= 15 is 0 Å². The fourth-order valence-electron chi connectivity index (χ4n) is 3.06. The summed E-state index contributed by atoms with van der Waals surface area (Å²) in [5.74, 6) is 1.31. The van der Waals surface area contributed by atoms with Crippen LogP contribution in [0.3, 0.4) is 0 Å². The number of nitrogens with zero attached hydrogens (tertiary/aromatic N) is 3. The van der Waals surface area contributed by atoms with Gasteiger partial charge in [0.15, 0.2) is 0 Å². The Morgan fingerprint density at radius 3 is 2.71 bits per heavy atom. The topological polar surface area (TPSA) is 100 Å². The van der Waals surface area contributed by atoms with Crippen molar-refractivity contribution < 1.29 is 14.3 Å². The molecule has 2 heterocycles. The van der Waals surface area contributed by atoms with Crippen LogP contribution in [0.1, 0.15) is 51.6 Å². The van der Waals surface area contributed by atoms with Gasteiger partial charge in [-0.15, -0.1) is 0 Å². The summed E-state index contributed by atoms with van der Waals surface area (Å²) in [6, 6.07) is 7.22. The maximum atomic E-state index is 12.2. The molecular formula is C20H27N5O3. The summed E-state index contributed by atoms with van der Waals surface area (Å²) >= 11 is 0. The van der Waals surface area contributed by atoms with Crippen LogP contribution in [-0.4, -0.2) is 40.3 Å². The molecule has 28 heavy (non-hydrogen) atoms. The highest BCUT2D eigenvalue weighted by Gasteiger charge is 2.35. The second-order valence-corrected chi connectivity index (χ2v) is 8.41. The molecule has 0 atom stereocenters. The molecule has 1 saturated carbocycles. The molecule has 0 radical (unpaired) electrons. The summed E-state index contributed by atoms with van der Waals surface area (Å²) in [5.41, 5.74) is 0.803. The minimum absolute atomic E-state index is 0.0410. The molecule has 2 amide bonds. The van der Waals surface area contributed by atoms with Gasteiger partial charge < -0.3 is 10.1 Å². The molecule has 0 bridgehead atoms. The van der Waals surface area contributed by atoms with E-state index in [1.165, 1.54) is 4.90 Å². The third-order valence-corrected chi connectivity index (χ3v) is 4.61. The van der Waals surface area contributed by atoms with Gasteiger partial charge in [0.1, 0.15) is 17.7 Å². The van der Waals surface area contributed by atoms with E-state index in [0.29, 0.717) is 30.9 Å². The second-order valence-electron chi connectivity index (χ2n) is 8.41. The van der Waals surface area contributed by atoms with E-state index in [2.05, 4.69) is 20.5 Å². The Morgan fingerprint density at radius 1 is 1.32 bits per heavy atom. The second kappa shape index (κ2) is 8.00. The molecule has 3 rings (SSSR count). The normalized spacial score (nSPS) is 18.9. The van der Waals surface area contributed by atoms with E-state index in [1.54, 1.807) is 25.4 Å². The number of ether oxygens (including phenoxy) is 1. The summed E-state index contributed by atoms with van der Waals surface area (Å²) in [4.78, 5) is 29.8. The number of amides is 2. The van der Waals surface area contributed by atoms with Gasteiger partial charge in [-0.1, -0.05) is 26.8 Å². The lowest BCUT2D eigenvalue weighted by Crippen LogP contribution is -2.37. The largest absolute Gasteiger partial charge is 0.446 e. The molecule has 0 saturated heterocycles. The average Bonchev–Trinajstić information content (AvgIpc) is 3.03. The number of anilines is 2. The first-order chi connectivity index (χ1) is 13.2. The van der Waals surface area contributed by atoms with Gasteiger partial charge in [0.25, 0.3) is 0 Å². The van der Waals surface area contributed by atoms with Crippen molar-refractivity contribution in [3.8, 4) is 0 Å². The molecular weight excluding hydrogens is 358 g/mol. The maximum absolute atomic E-state index is 12.2. The van der Waals surface area contributed by atoms with Crippen LogP contribution in [-0.2, 0) is 9.53 Å². The number of nitrogens with one attached hydrogen (secondary N) is 2. The molecule has 1 fully saturated rings. The van der Waals surface area contributed by atoms with E-state index in [9.17, 15) is 9.59 Å². The molecule has 8 nitrogen and oxygen atoms in total. The molecule has 0 unspecified atom stereocenters. The number of aromatic nitrogens is 3. The van der Waals surface area contributed by atoms with Crippen molar-refractivity contribution in [2.75, 3.05) is 17.3 Å². The predicted molar refractivity (Wildman–Crippen MR) is 106 cm³/mol. The van der Waals surface area contributed by atoms with Crippen LogP contribution >= 0.6 is 0 Å². The molecule has 150 valence electrons. The van der Waals surface area contributed by atoms with Gasteiger partial charge in [-0.05, 0) is 30.4 Å². The fraction of sp³-hybridized carbons (Fsp3) is 0.500. The Balaban J connectivity index is 1.46. The third-order valence-electron chi connectivity index (χ3n) is 4.61. The molecule has 1 aliphatic rings. The van der Waals surface area contributed by atoms with E-state index in [0.717, 1.165) is 5.69 Å². The summed E-state index contributed by atoms with van der Waals surface area (Å²) in [6.45, 7) is 6.06. The first kappa shape index (κ1) is 19.9. The Hall–Kier alpha value is -2.90. The van der Waals surface area contributed by atoms with Gasteiger partial charge in [0.05, 0.1) is 5.69 Å². The zero-order chi connectivity index (χ0) is 20.3. The Morgan fingerprint density at radius 2 is 2.07 bits per heavy atom. The minimum Gasteiger partial charge on any atom is -0.446 e. The fourth-order valence-corrected chi connectivity index (χ4v) is 3.06. The zero-order valence-corrected chi connectivity index (χ0v) is 16.7. The minimum atomic E-state index is -0.417. The molecule has 0 aromatic carbocycles. The first-order valence-corrected chi connectivity index (χ1v) is 9.42. The Bertz CT molecular complexity index is 822. The van der Waals surface area contributed by atoms with Crippen molar-refractivity contribution in [1.82, 2.24) is 15.2 Å². The van der Waals surface area contributed by atoms with E-state index < -0.39 is 6.09 Å². The highest BCUT2D eigenvalue weighted by molar-refractivity contribution is 5.90. The number of carbonyl (C=O) groups is 2. The lowest BCUT2D eigenvalue weighted by atomic mass is 9.80. The van der Waals surface area contributed by atoms with Gasteiger partial charge in [-0.2, -0.15) is 5.10 Å². The van der Waals surface area contributed by atoms with Gasteiger partial charge in [-0.3, -0.25) is 14.8 Å². The number of hydrogen-bond donors (Lipinski definition) is 2. The van der Waals surface area contributed by atoms with E-state index in [4.69, 9.17) is 4.74 Å². The highest BCUT2D eigenvalue weighted by Crippen LogP contribution is 2.38. The number of pyridine rings is 1. The predicted octanol–water partition coefficient (Wildman–Crippen LogP) is 3.70. The quantitative estimate of drug-likeness (QED) is 0.817. The monoisotopic (exact) mass is 385 g/mol. The van der Waals surface area contributed by atoms with Crippen LogP contribution in [0.2, 0.25) is 0 Å². The van der Waals surface area contributed by atoms with Crippen molar-refractivity contribution in [2.24, 2.45) is 5.41 Å². The number of carbonyl (C=O) groups excluding carboxylic acids is 2. The first-order valence-electron chi connectivity index (χ1n) is 9.42. The smallest absolute Gasteiger partial charge is 0.415 e. The van der Waals surface area contributed by atoms with Crippen LogP contribution in [0.15, 0.2) is 30.5 Å². The van der Waals surface area contributed by atoms with Gasteiger partial charge in [0, 0.05) is 31.6 Å². The molecule has 1 aliphatic carbocycles. The summed E-state index contributed by atoms with van der Waals surface area (Å²) in [6.07, 6.45) is 2.93. The van der Waals surface area contributed by atoms with E-state index in [1.807, 2.05) is 32.9 Å². The van der Waals surface area contributed by atoms with Crippen LogP contribution in [0.4, 0.5) is 16.4 Å². The van der Waals surface area contributed by atoms with Gasteiger partial charge in [-0.25, -0.2) is 9.78 Å². The van der Waals surface area contributed by atoms with Crippen LogP contribution in [0, 0.1) is 5.41 Å². The summed E-state index contributed by atoms with van der Waals surface area (Å²) in [5, 5.41) is 9.99. The molecule has 0 spiro atoms. The van der Waals surface area contributed by atoms with Crippen LogP contribution < -0.4 is 10.2 Å². The van der Waals surface area contributed by atoms with Crippen molar-refractivity contribution in [1.29, 1.82) is 0 Å². The number of aromatic amines is 1. The van der Waals surface area contributed by atoms with Gasteiger partial charge >= 0.3 is 6.09 Å². The number of hydrogen-bond acceptors (Lipinski definition) is 5. The molecule has 2 N–H and O–H groups in total. The zero-order valence-electron chi connectivity index (χ0n) is 16.7. The summed E-state index contributed by atoms with van der Waals surface area (Å²) in [7, 11) is 1.64. The van der Waals surface area contributed by atoms with Crippen molar-refractivity contribution in [3.63, 3.8) is 0 Å². The average molecular weight is 385 g/mol. The van der Waals surface area contributed by atoms with Gasteiger partial charge in [0.2, 0.25) is 5.91 Å². The van der Waals surface area contributed by atoms with Crippen molar-refractivity contribution >= 4 is 23.6 Å². The SMILES string of the molecule is CN(C(=O)OC1CC(c2cc(NC(=O)CC(C)(C)C)[nH]n2)C1)c1ccccn1. The van der Waals surface area contributed by atoms with Crippen molar-refractivity contribution in [3.05, 3.63) is 36.2 Å². The van der Waals surface area contributed by atoms with Crippen LogP contribution in [0.25, 0.3) is 0 Å². The summed E-state index contributed by atoms with van der Waals surface area (Å²) < 4.78 is 5.52. The molecule has 2 aromatic heterocycles. The lowest BCUT2D eigenvalue weighted by Gasteiger charge is -2.34. The maximum Gasteiger partial charge on any atom is 0.415 e. The molecule has 8 heteroatoms. The standard InChI is InChI=1S/C20H27N5O3/c1-20(2,3)12-18(26)22-16-11-15(23-24-16)13-9-14(10-13)28-19(27)25(4)17-7-5-6-8-21-17/h5-8,11,13-14H,9-10,12H2,1-4H3,(H2,22,23,24,26). The Kier molecular flexibility index (Phi) is 5.67. The number of rotatable bonds is 5. The lowest BCUT2D eigenvalue weighted by molar-refractivity contribution is -0.117.